The highest BCUT2D eigenvalue weighted by Crippen LogP contribution is 2.21. The Morgan fingerprint density at radius 2 is 2.21 bits per heavy atom. The van der Waals surface area contributed by atoms with Gasteiger partial charge in [0.15, 0.2) is 5.82 Å². The molecule has 8 heteroatoms. The van der Waals surface area contributed by atoms with Gasteiger partial charge in [0.05, 0.1) is 6.04 Å². The maximum Gasteiger partial charge on any atom is 0.261 e. The van der Waals surface area contributed by atoms with Crippen molar-refractivity contribution in [2.75, 3.05) is 0 Å². The lowest BCUT2D eigenvalue weighted by molar-refractivity contribution is 0.525. The molecule has 0 amide bonds. The fourth-order valence-corrected chi connectivity index (χ4v) is 3.66. The highest BCUT2D eigenvalue weighted by molar-refractivity contribution is 7.89. The zero-order chi connectivity index (χ0) is 13.9. The van der Waals surface area contributed by atoms with Crippen molar-refractivity contribution >= 4 is 21.4 Å². The lowest BCUT2D eigenvalue weighted by Gasteiger charge is -2.14. The number of rotatable bonds is 5. The van der Waals surface area contributed by atoms with Gasteiger partial charge in [0.25, 0.3) is 10.0 Å². The molecule has 5 nitrogen and oxygen atoms in total. The Morgan fingerprint density at radius 1 is 1.42 bits per heavy atom. The molecule has 0 aliphatic carbocycles. The van der Waals surface area contributed by atoms with E-state index in [4.69, 9.17) is 0 Å². The average molecular weight is 301 g/mol. The molecule has 1 unspecified atom stereocenters. The van der Waals surface area contributed by atoms with Gasteiger partial charge in [-0.25, -0.2) is 22.8 Å². The van der Waals surface area contributed by atoms with Crippen LogP contribution in [0.1, 0.15) is 24.4 Å². The minimum atomic E-state index is -4.00. The van der Waals surface area contributed by atoms with Crippen LogP contribution in [0.25, 0.3) is 0 Å². The van der Waals surface area contributed by atoms with E-state index in [9.17, 15) is 12.8 Å². The third-order valence-electron chi connectivity index (χ3n) is 2.43. The van der Waals surface area contributed by atoms with Crippen LogP contribution >= 0.6 is 11.3 Å². The summed E-state index contributed by atoms with van der Waals surface area (Å²) in [7, 11) is -4.00. The van der Waals surface area contributed by atoms with Gasteiger partial charge in [0.1, 0.15) is 5.01 Å². The van der Waals surface area contributed by atoms with Gasteiger partial charge in [-0.2, -0.15) is 4.72 Å². The number of nitrogens with zero attached hydrogens (tertiary/aromatic N) is 2. The number of pyridine rings is 1. The number of nitrogens with one attached hydrogen (secondary N) is 1. The van der Waals surface area contributed by atoms with Crippen LogP contribution in [0.4, 0.5) is 4.39 Å². The molecule has 2 rings (SSSR count). The molecule has 0 aliphatic heterocycles. The summed E-state index contributed by atoms with van der Waals surface area (Å²) < 4.78 is 40.1. The number of halogens is 1. The van der Waals surface area contributed by atoms with Gasteiger partial charge in [-0.05, 0) is 18.6 Å². The Kier molecular flexibility index (Phi) is 4.23. The van der Waals surface area contributed by atoms with Crippen LogP contribution in [0.3, 0.4) is 0 Å². The van der Waals surface area contributed by atoms with Crippen molar-refractivity contribution in [3.8, 4) is 0 Å². The largest absolute Gasteiger partial charge is 0.261 e. The topological polar surface area (TPSA) is 72.0 Å². The van der Waals surface area contributed by atoms with Crippen molar-refractivity contribution in [1.82, 2.24) is 14.7 Å². The molecule has 1 N–H and O–H groups in total. The fourth-order valence-electron chi connectivity index (χ4n) is 1.53. The summed E-state index contributed by atoms with van der Waals surface area (Å²) >= 11 is 1.34. The maximum atomic E-state index is 13.5. The molecular weight excluding hydrogens is 289 g/mol. The predicted octanol–water partition coefficient (Wildman–Crippen LogP) is 2.11. The fraction of sp³-hybridized carbons (Fsp3) is 0.273. The van der Waals surface area contributed by atoms with E-state index in [2.05, 4.69) is 14.7 Å². The number of thiazole rings is 1. The highest BCUT2D eigenvalue weighted by Gasteiger charge is 2.25. The Bertz CT molecular complexity index is 644. The van der Waals surface area contributed by atoms with E-state index in [1.165, 1.54) is 23.6 Å². The van der Waals surface area contributed by atoms with Crippen LogP contribution in [0.15, 0.2) is 34.9 Å². The van der Waals surface area contributed by atoms with Crippen LogP contribution in [-0.4, -0.2) is 18.4 Å². The molecular formula is C11H12FN3O2S2. The first-order chi connectivity index (χ1) is 9.04. The Balaban J connectivity index is 2.29. The van der Waals surface area contributed by atoms with Crippen molar-refractivity contribution in [2.45, 2.75) is 24.4 Å². The van der Waals surface area contributed by atoms with Gasteiger partial charge in [0.2, 0.25) is 5.03 Å². The van der Waals surface area contributed by atoms with Crippen molar-refractivity contribution in [3.63, 3.8) is 0 Å². The number of aromatic nitrogens is 2. The van der Waals surface area contributed by atoms with E-state index < -0.39 is 26.9 Å². The number of hydrogen-bond donors (Lipinski definition) is 1. The lowest BCUT2D eigenvalue weighted by atomic mass is 10.3. The second-order valence-corrected chi connectivity index (χ2v) is 6.30. The number of hydrogen-bond acceptors (Lipinski definition) is 5. The first-order valence-electron chi connectivity index (χ1n) is 5.57. The molecule has 2 aromatic heterocycles. The van der Waals surface area contributed by atoms with Crippen molar-refractivity contribution in [2.24, 2.45) is 0 Å². The summed E-state index contributed by atoms with van der Waals surface area (Å²) in [6.45, 7) is 1.82. The monoisotopic (exact) mass is 301 g/mol. The summed E-state index contributed by atoms with van der Waals surface area (Å²) in [6.07, 6.45) is 3.35. The van der Waals surface area contributed by atoms with Crippen LogP contribution in [0, 0.1) is 5.82 Å². The zero-order valence-electron chi connectivity index (χ0n) is 10.1. The average Bonchev–Trinajstić information content (AvgIpc) is 2.90. The SMILES string of the molecule is CCC(NS(=O)(=O)c1ncccc1F)c1nccs1. The number of sulfonamides is 1. The Hall–Kier alpha value is -1.38. The first kappa shape index (κ1) is 14.0. The molecule has 0 spiro atoms. The van der Waals surface area contributed by atoms with E-state index in [1.807, 2.05) is 6.92 Å². The second-order valence-electron chi connectivity index (χ2n) is 3.74. The van der Waals surface area contributed by atoms with Crippen LogP contribution < -0.4 is 4.72 Å². The molecule has 1 atom stereocenters. The van der Waals surface area contributed by atoms with E-state index in [1.54, 1.807) is 11.6 Å². The summed E-state index contributed by atoms with van der Waals surface area (Å²) in [5.41, 5.74) is 0. The van der Waals surface area contributed by atoms with Gasteiger partial charge < -0.3 is 0 Å². The molecule has 0 radical (unpaired) electrons. The van der Waals surface area contributed by atoms with Crippen LogP contribution in [0.5, 0.6) is 0 Å². The standard InChI is InChI=1S/C11H12FN3O2S2/c1-2-9(10-13-6-7-18-10)15-19(16,17)11-8(12)4-3-5-14-11/h3-7,9,15H,2H2,1H3. The molecule has 0 fully saturated rings. The van der Waals surface area contributed by atoms with E-state index in [0.29, 0.717) is 11.4 Å². The molecule has 0 saturated heterocycles. The van der Waals surface area contributed by atoms with E-state index >= 15 is 0 Å². The zero-order valence-corrected chi connectivity index (χ0v) is 11.7. The Morgan fingerprint density at radius 3 is 2.79 bits per heavy atom. The van der Waals surface area contributed by atoms with Crippen molar-refractivity contribution in [1.29, 1.82) is 0 Å². The normalized spacial score (nSPS) is 13.4. The minimum Gasteiger partial charge on any atom is -0.248 e. The Labute approximate surface area is 114 Å². The van der Waals surface area contributed by atoms with Crippen LogP contribution in [-0.2, 0) is 10.0 Å². The third kappa shape index (κ3) is 3.14. The molecule has 19 heavy (non-hydrogen) atoms. The third-order valence-corrected chi connectivity index (χ3v) is 4.73. The highest BCUT2D eigenvalue weighted by atomic mass is 32.2. The van der Waals surface area contributed by atoms with Gasteiger partial charge in [-0.1, -0.05) is 6.92 Å². The second kappa shape index (κ2) is 5.72. The van der Waals surface area contributed by atoms with Gasteiger partial charge in [-0.3, -0.25) is 0 Å². The van der Waals surface area contributed by atoms with Crippen molar-refractivity contribution in [3.05, 3.63) is 40.7 Å². The summed E-state index contributed by atoms with van der Waals surface area (Å²) in [6, 6.07) is 1.92. The first-order valence-corrected chi connectivity index (χ1v) is 7.93. The van der Waals surface area contributed by atoms with E-state index in [-0.39, 0.29) is 0 Å². The van der Waals surface area contributed by atoms with Gasteiger partial charge >= 0.3 is 0 Å². The molecule has 102 valence electrons. The molecule has 0 aromatic carbocycles. The molecule has 2 heterocycles. The van der Waals surface area contributed by atoms with Crippen molar-refractivity contribution < 1.29 is 12.8 Å². The summed E-state index contributed by atoms with van der Waals surface area (Å²) in [5.74, 6) is -0.871. The quantitative estimate of drug-likeness (QED) is 0.918. The molecule has 0 aliphatic rings. The van der Waals surface area contributed by atoms with Gasteiger partial charge in [0, 0.05) is 17.8 Å². The van der Waals surface area contributed by atoms with E-state index in [0.717, 1.165) is 6.07 Å². The molecule has 0 saturated carbocycles. The predicted molar refractivity (Wildman–Crippen MR) is 69.7 cm³/mol. The maximum absolute atomic E-state index is 13.5. The molecule has 2 aromatic rings. The lowest BCUT2D eigenvalue weighted by Crippen LogP contribution is -2.29. The summed E-state index contributed by atoms with van der Waals surface area (Å²) in [5, 5.41) is 1.81. The summed E-state index contributed by atoms with van der Waals surface area (Å²) in [4.78, 5) is 7.64. The molecule has 0 bridgehead atoms. The van der Waals surface area contributed by atoms with Gasteiger partial charge in [-0.15, -0.1) is 11.3 Å². The van der Waals surface area contributed by atoms with Crippen LogP contribution in [0.2, 0.25) is 0 Å². The smallest absolute Gasteiger partial charge is 0.248 e. The minimum absolute atomic E-state index is 0.480.